The lowest BCUT2D eigenvalue weighted by Gasteiger charge is -2.04. The minimum atomic E-state index is 0.934. The Morgan fingerprint density at radius 3 is 1.31 bits per heavy atom. The smallest absolute Gasteiger partial charge is 0.0659 e. The maximum Gasteiger partial charge on any atom is 0.0659 e. The highest BCUT2D eigenvalue weighted by Gasteiger charge is 2.06. The second-order valence-electron chi connectivity index (χ2n) is 14.4. The molecule has 0 aromatic carbocycles. The minimum Gasteiger partial charge on any atom is -0.355 e. The fourth-order valence-corrected chi connectivity index (χ4v) is 7.21. The summed E-state index contributed by atoms with van der Waals surface area (Å²) in [7, 11) is 0. The van der Waals surface area contributed by atoms with Crippen LogP contribution in [0, 0.1) is 0 Å². The number of nitrogens with one attached hydrogen (secondary N) is 2. The van der Waals surface area contributed by atoms with Crippen molar-refractivity contribution in [2.75, 3.05) is 0 Å². The van der Waals surface area contributed by atoms with E-state index in [4.69, 9.17) is 9.97 Å². The van der Waals surface area contributed by atoms with Crippen LogP contribution >= 0.6 is 0 Å². The van der Waals surface area contributed by atoms with Crippen LogP contribution in [0.25, 0.3) is 46.4 Å². The predicted molar refractivity (Wildman–Crippen MR) is 210 cm³/mol. The van der Waals surface area contributed by atoms with Crippen LogP contribution in [0.5, 0.6) is 0 Å². The van der Waals surface area contributed by atoms with Gasteiger partial charge in [-0.05, 0) is 85.2 Å². The second-order valence-corrected chi connectivity index (χ2v) is 14.4. The normalized spacial score (nSPS) is 12.4. The van der Waals surface area contributed by atoms with E-state index in [1.54, 1.807) is 0 Å². The van der Waals surface area contributed by atoms with Crippen LogP contribution in [-0.2, 0) is 6.42 Å². The summed E-state index contributed by atoms with van der Waals surface area (Å²) in [6.07, 6.45) is 40.7. The molecule has 5 heterocycles. The molecule has 2 aliphatic heterocycles. The maximum atomic E-state index is 4.85. The van der Waals surface area contributed by atoms with E-state index in [2.05, 4.69) is 83.7 Å². The molecule has 0 aliphatic carbocycles. The molecule has 0 saturated carbocycles. The van der Waals surface area contributed by atoms with Crippen molar-refractivity contribution < 1.29 is 0 Å². The molecule has 2 N–H and O–H groups in total. The Hall–Kier alpha value is -3.40. The van der Waals surface area contributed by atoms with Crippen molar-refractivity contribution >= 4 is 46.4 Å². The summed E-state index contributed by atoms with van der Waals surface area (Å²) in [5, 5.41) is 0. The van der Waals surface area contributed by atoms with Crippen LogP contribution in [0.4, 0.5) is 0 Å². The summed E-state index contributed by atoms with van der Waals surface area (Å²) < 4.78 is 0. The van der Waals surface area contributed by atoms with E-state index in [1.807, 2.05) is 0 Å². The zero-order valence-corrected chi connectivity index (χ0v) is 30.0. The highest BCUT2D eigenvalue weighted by atomic mass is 14.8. The Balaban J connectivity index is 0.956. The van der Waals surface area contributed by atoms with Gasteiger partial charge in [0.2, 0.25) is 0 Å². The molecule has 4 nitrogen and oxygen atoms in total. The molecule has 3 aromatic heterocycles. The van der Waals surface area contributed by atoms with E-state index >= 15 is 0 Å². The molecular weight excluding hydrogens is 585 g/mol. The largest absolute Gasteiger partial charge is 0.355 e. The first-order valence-corrected chi connectivity index (χ1v) is 19.8. The molecule has 0 atom stereocenters. The van der Waals surface area contributed by atoms with Crippen LogP contribution in [0.2, 0.25) is 0 Å². The molecule has 0 saturated heterocycles. The molecule has 258 valence electrons. The zero-order chi connectivity index (χ0) is 33.1. The van der Waals surface area contributed by atoms with E-state index in [0.717, 1.165) is 45.7 Å². The molecule has 48 heavy (non-hydrogen) atoms. The zero-order valence-electron chi connectivity index (χ0n) is 30.0. The predicted octanol–water partition coefficient (Wildman–Crippen LogP) is 13.8. The van der Waals surface area contributed by atoms with E-state index in [0.29, 0.717) is 0 Å². The van der Waals surface area contributed by atoms with Gasteiger partial charge in [0.25, 0.3) is 0 Å². The molecular formula is C44H62N4. The van der Waals surface area contributed by atoms with Crippen molar-refractivity contribution in [2.24, 2.45) is 0 Å². The SMILES string of the molecule is CCCCCCCCCCCCCCCCCCCCCCCCc1cc2cc3ccc(cc4nc(cc5nc(cc1[nH]2)C=C5)C=C4)[nH]3. The van der Waals surface area contributed by atoms with Crippen LogP contribution in [0.1, 0.15) is 177 Å². The Bertz CT molecular complexity index is 1590. The first-order valence-electron chi connectivity index (χ1n) is 19.8. The number of aromatic amines is 2. The van der Waals surface area contributed by atoms with Crippen molar-refractivity contribution in [2.45, 2.75) is 155 Å². The van der Waals surface area contributed by atoms with Crippen LogP contribution in [0.3, 0.4) is 0 Å². The summed E-state index contributed by atoms with van der Waals surface area (Å²) in [5.41, 5.74) is 9.64. The van der Waals surface area contributed by atoms with Crippen molar-refractivity contribution in [1.82, 2.24) is 19.9 Å². The summed E-state index contributed by atoms with van der Waals surface area (Å²) in [6, 6.07) is 15.1. The third kappa shape index (κ3) is 12.9. The van der Waals surface area contributed by atoms with E-state index in [1.165, 1.54) is 152 Å². The number of aromatic nitrogens is 4. The van der Waals surface area contributed by atoms with Gasteiger partial charge in [-0.25, -0.2) is 9.97 Å². The molecule has 4 heteroatoms. The molecule has 2 aliphatic rings. The van der Waals surface area contributed by atoms with Gasteiger partial charge in [-0.15, -0.1) is 0 Å². The lowest BCUT2D eigenvalue weighted by Crippen LogP contribution is -1.86. The fourth-order valence-electron chi connectivity index (χ4n) is 7.21. The topological polar surface area (TPSA) is 57.4 Å². The molecule has 5 rings (SSSR count). The molecule has 0 fully saturated rings. The summed E-state index contributed by atoms with van der Waals surface area (Å²) in [4.78, 5) is 16.8. The van der Waals surface area contributed by atoms with Gasteiger partial charge in [0.1, 0.15) is 0 Å². The first-order chi connectivity index (χ1) is 23.7. The average Bonchev–Trinajstić information content (AvgIpc) is 3.90. The van der Waals surface area contributed by atoms with Crippen molar-refractivity contribution in [3.05, 3.63) is 70.8 Å². The standard InChI is InChI=1S/C44H62N4/c1-2-3-4-5-6-7-8-9-10-11-12-13-14-15-16-17-18-19-20-21-22-23-24-36-31-43-34-41-28-27-39(46-41)32-37-25-26-38(45-37)33-40-29-30-42(47-40)35-44(36)48-43/h25-35,46,48H,2-24H2,1H3. The number of hydrogen-bond donors (Lipinski definition) is 2. The molecule has 3 aromatic rings. The number of H-pyrrole nitrogens is 2. The van der Waals surface area contributed by atoms with Gasteiger partial charge in [0.05, 0.1) is 22.8 Å². The monoisotopic (exact) mass is 646 g/mol. The molecule has 0 amide bonds. The Morgan fingerprint density at radius 1 is 0.396 bits per heavy atom. The van der Waals surface area contributed by atoms with Gasteiger partial charge in [0.15, 0.2) is 0 Å². The number of nitrogens with zero attached hydrogens (tertiary/aromatic N) is 2. The lowest BCUT2D eigenvalue weighted by molar-refractivity contribution is 0.519. The van der Waals surface area contributed by atoms with Gasteiger partial charge in [-0.3, -0.25) is 0 Å². The first kappa shape index (κ1) is 35.9. The maximum absolute atomic E-state index is 4.85. The summed E-state index contributed by atoms with van der Waals surface area (Å²) in [5.74, 6) is 0. The number of aryl methyl sites for hydroxylation is 1. The molecule has 0 radical (unpaired) electrons. The molecule has 8 bridgehead atoms. The van der Waals surface area contributed by atoms with Gasteiger partial charge in [-0.2, -0.15) is 0 Å². The molecule has 0 spiro atoms. The Labute approximate surface area is 291 Å². The number of fused-ring (bicyclic) bond motifs is 8. The average molecular weight is 647 g/mol. The van der Waals surface area contributed by atoms with E-state index in [-0.39, 0.29) is 0 Å². The fraction of sp³-hybridized carbons (Fsp3) is 0.545. The number of rotatable bonds is 23. The third-order valence-corrected chi connectivity index (χ3v) is 10.1. The van der Waals surface area contributed by atoms with Crippen molar-refractivity contribution in [3.8, 4) is 0 Å². The highest BCUT2D eigenvalue weighted by molar-refractivity contribution is 5.78. The summed E-state index contributed by atoms with van der Waals surface area (Å²) in [6.45, 7) is 2.30. The van der Waals surface area contributed by atoms with Crippen molar-refractivity contribution in [1.29, 1.82) is 0 Å². The van der Waals surface area contributed by atoms with E-state index < -0.39 is 0 Å². The number of hydrogen-bond acceptors (Lipinski definition) is 2. The van der Waals surface area contributed by atoms with Gasteiger partial charge < -0.3 is 9.97 Å². The second kappa shape index (κ2) is 20.9. The van der Waals surface area contributed by atoms with Crippen LogP contribution in [0.15, 0.2) is 42.5 Å². The highest BCUT2D eigenvalue weighted by Crippen LogP contribution is 2.22. The minimum absolute atomic E-state index is 0.934. The third-order valence-electron chi connectivity index (χ3n) is 10.1. The Morgan fingerprint density at radius 2 is 0.812 bits per heavy atom. The van der Waals surface area contributed by atoms with E-state index in [9.17, 15) is 0 Å². The summed E-state index contributed by atoms with van der Waals surface area (Å²) >= 11 is 0. The quantitative estimate of drug-likeness (QED) is 0.0694. The van der Waals surface area contributed by atoms with Crippen molar-refractivity contribution in [3.63, 3.8) is 0 Å². The van der Waals surface area contributed by atoms with Gasteiger partial charge in [-0.1, -0.05) is 142 Å². The van der Waals surface area contributed by atoms with Gasteiger partial charge >= 0.3 is 0 Å². The van der Waals surface area contributed by atoms with Gasteiger partial charge in [0, 0.05) is 22.1 Å². The van der Waals surface area contributed by atoms with Crippen LogP contribution in [-0.4, -0.2) is 19.9 Å². The Kier molecular flexibility index (Phi) is 15.6. The lowest BCUT2D eigenvalue weighted by atomic mass is 10.0. The number of unbranched alkanes of at least 4 members (excludes halogenated alkanes) is 21. The molecule has 0 unspecified atom stereocenters. The van der Waals surface area contributed by atoms with Crippen LogP contribution < -0.4 is 0 Å².